The number of hydrogen-bond donors (Lipinski definition) is 0. The molecule has 114 valence electrons. The van der Waals surface area contributed by atoms with Crippen molar-refractivity contribution in [2.45, 2.75) is 18.9 Å². The highest BCUT2D eigenvalue weighted by molar-refractivity contribution is 9.10. The number of fused-ring (bicyclic) bond motifs is 1. The van der Waals surface area contributed by atoms with Crippen LogP contribution in [-0.2, 0) is 0 Å². The van der Waals surface area contributed by atoms with E-state index in [-0.39, 0.29) is 0 Å². The Morgan fingerprint density at radius 3 is 2.95 bits per heavy atom. The minimum atomic E-state index is 0.648. The van der Waals surface area contributed by atoms with Gasteiger partial charge in [0.15, 0.2) is 0 Å². The molecule has 0 aliphatic rings. The molecule has 0 radical (unpaired) electrons. The molecule has 6 heteroatoms. The van der Waals surface area contributed by atoms with Crippen molar-refractivity contribution in [2.24, 2.45) is 0 Å². The van der Waals surface area contributed by atoms with Crippen LogP contribution in [0.4, 0.5) is 0 Å². The van der Waals surface area contributed by atoms with E-state index in [0.29, 0.717) is 6.61 Å². The normalized spacial score (nSPS) is 11.0. The Bertz CT molecular complexity index is 804. The summed E-state index contributed by atoms with van der Waals surface area (Å²) in [6.45, 7) is 4.92. The zero-order chi connectivity index (χ0) is 15.5. The zero-order valence-electron chi connectivity index (χ0n) is 12.3. The van der Waals surface area contributed by atoms with E-state index in [9.17, 15) is 0 Å². The number of aryl methyl sites for hydroxylation is 2. The van der Waals surface area contributed by atoms with E-state index >= 15 is 0 Å². The number of halogens is 1. The molecule has 0 aliphatic heterocycles. The van der Waals surface area contributed by atoms with Gasteiger partial charge in [0.1, 0.15) is 21.9 Å². The van der Waals surface area contributed by atoms with Crippen LogP contribution >= 0.6 is 39.0 Å². The minimum Gasteiger partial charge on any atom is -0.493 e. The number of aromatic nitrogens is 2. The van der Waals surface area contributed by atoms with Crippen LogP contribution in [0.25, 0.3) is 10.2 Å². The van der Waals surface area contributed by atoms with E-state index in [0.717, 1.165) is 25.8 Å². The second-order valence-corrected chi connectivity index (χ2v) is 8.00. The summed E-state index contributed by atoms with van der Waals surface area (Å²) in [5.74, 6) is 1.73. The van der Waals surface area contributed by atoms with Crippen LogP contribution in [0.1, 0.15) is 10.4 Å². The molecule has 0 N–H and O–H groups in total. The van der Waals surface area contributed by atoms with Crippen molar-refractivity contribution >= 4 is 49.2 Å². The SMILES string of the molecule is Cc1sc2ncnc(SCCOc3cccc(Br)c3)c2c1C. The van der Waals surface area contributed by atoms with Crippen LogP contribution in [-0.4, -0.2) is 22.3 Å². The molecule has 0 amide bonds. The molecule has 3 aromatic rings. The average molecular weight is 395 g/mol. The summed E-state index contributed by atoms with van der Waals surface area (Å²) in [7, 11) is 0. The fourth-order valence-corrected chi connectivity index (χ4v) is 4.43. The van der Waals surface area contributed by atoms with Gasteiger partial charge in [-0.15, -0.1) is 23.1 Å². The van der Waals surface area contributed by atoms with Crippen molar-refractivity contribution in [3.05, 3.63) is 45.5 Å². The van der Waals surface area contributed by atoms with Gasteiger partial charge in [-0.3, -0.25) is 0 Å². The number of benzene rings is 1. The van der Waals surface area contributed by atoms with Gasteiger partial charge in [0.05, 0.1) is 6.61 Å². The van der Waals surface area contributed by atoms with E-state index in [1.54, 1.807) is 29.4 Å². The van der Waals surface area contributed by atoms with Crippen molar-refractivity contribution in [3.8, 4) is 5.75 Å². The Balaban J connectivity index is 1.65. The lowest BCUT2D eigenvalue weighted by atomic mass is 10.2. The monoisotopic (exact) mass is 394 g/mol. The summed E-state index contributed by atoms with van der Waals surface area (Å²) in [6.07, 6.45) is 1.65. The molecule has 22 heavy (non-hydrogen) atoms. The highest BCUT2D eigenvalue weighted by Crippen LogP contribution is 2.34. The van der Waals surface area contributed by atoms with E-state index in [4.69, 9.17) is 4.74 Å². The quantitative estimate of drug-likeness (QED) is 0.336. The van der Waals surface area contributed by atoms with Gasteiger partial charge in [-0.2, -0.15) is 0 Å². The highest BCUT2D eigenvalue weighted by atomic mass is 79.9. The summed E-state index contributed by atoms with van der Waals surface area (Å²) in [6, 6.07) is 7.89. The van der Waals surface area contributed by atoms with Crippen molar-refractivity contribution in [2.75, 3.05) is 12.4 Å². The Hall–Kier alpha value is -1.11. The number of rotatable bonds is 5. The van der Waals surface area contributed by atoms with E-state index in [1.165, 1.54) is 15.8 Å². The molecule has 0 spiro atoms. The van der Waals surface area contributed by atoms with Crippen LogP contribution < -0.4 is 4.74 Å². The number of thiophene rings is 1. The maximum Gasteiger partial charge on any atom is 0.128 e. The van der Waals surface area contributed by atoms with Crippen LogP contribution in [0.3, 0.4) is 0 Å². The Morgan fingerprint density at radius 1 is 1.27 bits per heavy atom. The summed E-state index contributed by atoms with van der Waals surface area (Å²) in [4.78, 5) is 11.2. The number of thioether (sulfide) groups is 1. The van der Waals surface area contributed by atoms with Gasteiger partial charge in [0.25, 0.3) is 0 Å². The van der Waals surface area contributed by atoms with Crippen LogP contribution in [0, 0.1) is 13.8 Å². The number of hydrogen-bond acceptors (Lipinski definition) is 5. The van der Waals surface area contributed by atoms with Gasteiger partial charge in [0.2, 0.25) is 0 Å². The third-order valence-electron chi connectivity index (χ3n) is 3.32. The maximum absolute atomic E-state index is 5.76. The Labute approximate surface area is 146 Å². The highest BCUT2D eigenvalue weighted by Gasteiger charge is 2.12. The first-order chi connectivity index (χ1) is 10.6. The summed E-state index contributed by atoms with van der Waals surface area (Å²) in [5, 5.41) is 2.24. The fraction of sp³-hybridized carbons (Fsp3) is 0.250. The smallest absolute Gasteiger partial charge is 0.128 e. The summed E-state index contributed by atoms with van der Waals surface area (Å²) < 4.78 is 6.79. The van der Waals surface area contributed by atoms with Gasteiger partial charge in [-0.1, -0.05) is 22.0 Å². The minimum absolute atomic E-state index is 0.648. The number of ether oxygens (including phenoxy) is 1. The largest absolute Gasteiger partial charge is 0.493 e. The molecule has 0 unspecified atom stereocenters. The third kappa shape index (κ3) is 3.45. The van der Waals surface area contributed by atoms with Gasteiger partial charge in [-0.25, -0.2) is 9.97 Å². The lowest BCUT2D eigenvalue weighted by molar-refractivity contribution is 0.343. The van der Waals surface area contributed by atoms with E-state index in [1.807, 2.05) is 24.3 Å². The van der Waals surface area contributed by atoms with Gasteiger partial charge in [-0.05, 0) is 37.6 Å². The summed E-state index contributed by atoms with van der Waals surface area (Å²) in [5.41, 5.74) is 1.29. The molecule has 0 bridgehead atoms. The lowest BCUT2D eigenvalue weighted by Gasteiger charge is -2.07. The first kappa shape index (κ1) is 15.8. The second-order valence-electron chi connectivity index (χ2n) is 4.80. The second kappa shape index (κ2) is 6.98. The molecular formula is C16H15BrN2OS2. The van der Waals surface area contributed by atoms with Crippen molar-refractivity contribution in [3.63, 3.8) is 0 Å². The lowest BCUT2D eigenvalue weighted by Crippen LogP contribution is -2.00. The van der Waals surface area contributed by atoms with Crippen LogP contribution in [0.5, 0.6) is 5.75 Å². The van der Waals surface area contributed by atoms with Crippen LogP contribution in [0.15, 0.2) is 40.1 Å². The van der Waals surface area contributed by atoms with Gasteiger partial charge < -0.3 is 4.74 Å². The summed E-state index contributed by atoms with van der Waals surface area (Å²) >= 11 is 6.89. The predicted octanol–water partition coefficient (Wildman–Crippen LogP) is 5.24. The molecular weight excluding hydrogens is 380 g/mol. The molecule has 3 rings (SSSR count). The fourth-order valence-electron chi connectivity index (χ4n) is 2.11. The maximum atomic E-state index is 5.76. The Kier molecular flexibility index (Phi) is 5.00. The first-order valence-corrected chi connectivity index (χ1v) is 9.46. The molecule has 0 atom stereocenters. The molecule has 2 aromatic heterocycles. The molecule has 0 fully saturated rings. The van der Waals surface area contributed by atoms with Crippen molar-refractivity contribution in [1.82, 2.24) is 9.97 Å². The van der Waals surface area contributed by atoms with Gasteiger partial charge >= 0.3 is 0 Å². The molecule has 3 nitrogen and oxygen atoms in total. The average Bonchev–Trinajstić information content (AvgIpc) is 2.79. The molecule has 2 heterocycles. The van der Waals surface area contributed by atoms with E-state index in [2.05, 4.69) is 39.7 Å². The standard InChI is InChI=1S/C16H15BrN2OS2/c1-10-11(2)22-16-14(10)15(18-9-19-16)21-7-6-20-13-5-3-4-12(17)8-13/h3-5,8-9H,6-7H2,1-2H3. The van der Waals surface area contributed by atoms with Gasteiger partial charge in [0, 0.05) is 20.5 Å². The molecule has 0 saturated heterocycles. The predicted molar refractivity (Wildman–Crippen MR) is 97.3 cm³/mol. The third-order valence-corrected chi connectivity index (χ3v) is 5.88. The Morgan fingerprint density at radius 2 is 2.14 bits per heavy atom. The zero-order valence-corrected chi connectivity index (χ0v) is 15.5. The van der Waals surface area contributed by atoms with Crippen molar-refractivity contribution < 1.29 is 4.74 Å². The molecule has 1 aromatic carbocycles. The van der Waals surface area contributed by atoms with Crippen LogP contribution in [0.2, 0.25) is 0 Å². The first-order valence-electron chi connectivity index (χ1n) is 6.87. The molecule has 0 aliphatic carbocycles. The molecule has 0 saturated carbocycles. The van der Waals surface area contributed by atoms with E-state index < -0.39 is 0 Å². The topological polar surface area (TPSA) is 35.0 Å². The van der Waals surface area contributed by atoms with Crippen molar-refractivity contribution in [1.29, 1.82) is 0 Å². The number of nitrogens with zero attached hydrogens (tertiary/aromatic N) is 2.